The van der Waals surface area contributed by atoms with E-state index in [4.69, 9.17) is 0 Å². The van der Waals surface area contributed by atoms with E-state index < -0.39 is 5.41 Å². The third kappa shape index (κ3) is 4.23. The highest BCUT2D eigenvalue weighted by Crippen LogP contribution is 2.39. The molecule has 1 aliphatic carbocycles. The standard InChI is InChI=1S/C28H29FN4O/c29-21-11-12-25-23(17-21)26(24(18-31-25)27(34)32-22-9-5-2-6-10-22)33-15-13-28(19-30,14-16-33)20-7-3-1-4-8-20/h1,3-4,7-8,11-12,17-18,22H,2,5-6,9-10,13-16H2,(H,32,34). The second-order valence-electron chi connectivity index (χ2n) is 9.54. The summed E-state index contributed by atoms with van der Waals surface area (Å²) in [6.45, 7) is 1.20. The SMILES string of the molecule is N#CC1(c2ccccc2)CCN(c2c(C(=O)NC3CCCCC3)cnc3ccc(F)cc23)CC1. The summed E-state index contributed by atoms with van der Waals surface area (Å²) >= 11 is 0. The van der Waals surface area contributed by atoms with E-state index >= 15 is 0 Å². The lowest BCUT2D eigenvalue weighted by Gasteiger charge is -2.39. The molecule has 1 aromatic heterocycles. The summed E-state index contributed by atoms with van der Waals surface area (Å²) in [5, 5.41) is 13.9. The second-order valence-corrected chi connectivity index (χ2v) is 9.54. The van der Waals surface area contributed by atoms with E-state index in [9.17, 15) is 14.4 Å². The van der Waals surface area contributed by atoms with Crippen LogP contribution in [0.2, 0.25) is 0 Å². The number of carbonyl (C=O) groups excluding carboxylic acids is 1. The average molecular weight is 457 g/mol. The van der Waals surface area contributed by atoms with Crippen molar-refractivity contribution in [2.45, 2.75) is 56.4 Å². The van der Waals surface area contributed by atoms with Crippen LogP contribution in [0, 0.1) is 17.1 Å². The fraction of sp³-hybridized carbons (Fsp3) is 0.393. The van der Waals surface area contributed by atoms with Gasteiger partial charge in [-0.05, 0) is 49.4 Å². The number of nitriles is 1. The van der Waals surface area contributed by atoms with Gasteiger partial charge in [0.25, 0.3) is 5.91 Å². The first-order chi connectivity index (χ1) is 16.6. The molecule has 34 heavy (non-hydrogen) atoms. The van der Waals surface area contributed by atoms with Gasteiger partial charge in [-0.1, -0.05) is 49.6 Å². The highest BCUT2D eigenvalue weighted by molar-refractivity contribution is 6.07. The normalized spacial score (nSPS) is 18.4. The van der Waals surface area contributed by atoms with Crippen molar-refractivity contribution in [3.05, 3.63) is 71.7 Å². The van der Waals surface area contributed by atoms with Crippen LogP contribution in [-0.4, -0.2) is 30.0 Å². The molecule has 5 rings (SSSR count). The van der Waals surface area contributed by atoms with E-state index in [1.54, 1.807) is 12.3 Å². The van der Waals surface area contributed by atoms with Crippen molar-refractivity contribution in [2.24, 2.45) is 0 Å². The summed E-state index contributed by atoms with van der Waals surface area (Å²) in [5.41, 5.74) is 2.32. The fourth-order valence-electron chi connectivity index (χ4n) is 5.50. The van der Waals surface area contributed by atoms with Gasteiger partial charge in [-0.25, -0.2) is 4.39 Å². The van der Waals surface area contributed by atoms with Crippen molar-refractivity contribution < 1.29 is 9.18 Å². The molecule has 1 aliphatic heterocycles. The van der Waals surface area contributed by atoms with Gasteiger partial charge in [0.15, 0.2) is 0 Å². The van der Waals surface area contributed by atoms with Gasteiger partial charge in [-0.2, -0.15) is 5.26 Å². The number of benzene rings is 2. The largest absolute Gasteiger partial charge is 0.370 e. The monoisotopic (exact) mass is 456 g/mol. The van der Waals surface area contributed by atoms with Crippen molar-refractivity contribution in [1.82, 2.24) is 10.3 Å². The average Bonchev–Trinajstić information content (AvgIpc) is 2.89. The lowest BCUT2D eigenvalue weighted by atomic mass is 9.74. The van der Waals surface area contributed by atoms with Crippen LogP contribution in [0.25, 0.3) is 10.9 Å². The molecular weight excluding hydrogens is 427 g/mol. The molecule has 2 fully saturated rings. The molecule has 1 N–H and O–H groups in total. The van der Waals surface area contributed by atoms with Crippen molar-refractivity contribution in [3.63, 3.8) is 0 Å². The predicted molar refractivity (Wildman–Crippen MR) is 131 cm³/mol. The Morgan fingerprint density at radius 2 is 1.82 bits per heavy atom. The Balaban J connectivity index is 1.49. The maximum absolute atomic E-state index is 14.3. The quantitative estimate of drug-likeness (QED) is 0.563. The minimum atomic E-state index is -0.559. The molecule has 174 valence electrons. The number of carbonyl (C=O) groups is 1. The highest BCUT2D eigenvalue weighted by Gasteiger charge is 2.37. The van der Waals surface area contributed by atoms with Gasteiger partial charge in [0.05, 0.1) is 28.3 Å². The topological polar surface area (TPSA) is 69.0 Å². The van der Waals surface area contributed by atoms with Crippen molar-refractivity contribution in [1.29, 1.82) is 5.26 Å². The number of halogens is 1. The first-order valence-electron chi connectivity index (χ1n) is 12.2. The number of fused-ring (bicyclic) bond motifs is 1. The summed E-state index contributed by atoms with van der Waals surface area (Å²) in [6, 6.07) is 17.2. The molecule has 6 heteroatoms. The molecule has 2 aliphatic rings. The number of hydrogen-bond donors (Lipinski definition) is 1. The van der Waals surface area contributed by atoms with E-state index in [2.05, 4.69) is 21.3 Å². The zero-order valence-corrected chi connectivity index (χ0v) is 19.3. The number of hydrogen-bond acceptors (Lipinski definition) is 4. The molecule has 0 bridgehead atoms. The molecule has 0 spiro atoms. The number of nitrogens with one attached hydrogen (secondary N) is 1. The molecule has 0 atom stereocenters. The molecule has 0 radical (unpaired) electrons. The molecule has 3 aromatic rings. The van der Waals surface area contributed by atoms with Crippen molar-refractivity contribution >= 4 is 22.5 Å². The minimum absolute atomic E-state index is 0.152. The van der Waals surface area contributed by atoms with Crippen LogP contribution >= 0.6 is 0 Å². The molecule has 1 saturated carbocycles. The fourth-order valence-corrected chi connectivity index (χ4v) is 5.50. The van der Waals surface area contributed by atoms with Crippen LogP contribution in [-0.2, 0) is 5.41 Å². The van der Waals surface area contributed by atoms with Gasteiger partial charge in [0.2, 0.25) is 0 Å². The van der Waals surface area contributed by atoms with Crippen LogP contribution in [0.4, 0.5) is 10.1 Å². The van der Waals surface area contributed by atoms with E-state index in [1.807, 2.05) is 30.3 Å². The van der Waals surface area contributed by atoms with Gasteiger partial charge >= 0.3 is 0 Å². The Hall–Kier alpha value is -3.46. The van der Waals surface area contributed by atoms with Gasteiger partial charge in [-0.15, -0.1) is 0 Å². The number of aromatic nitrogens is 1. The zero-order valence-electron chi connectivity index (χ0n) is 19.3. The summed E-state index contributed by atoms with van der Waals surface area (Å²) in [6.07, 6.45) is 8.33. The van der Waals surface area contributed by atoms with Gasteiger partial charge in [-0.3, -0.25) is 9.78 Å². The first-order valence-corrected chi connectivity index (χ1v) is 12.2. The number of anilines is 1. The summed E-state index contributed by atoms with van der Waals surface area (Å²) in [4.78, 5) is 20.0. The van der Waals surface area contributed by atoms with E-state index in [0.29, 0.717) is 42.4 Å². The third-order valence-electron chi connectivity index (χ3n) is 7.46. The first kappa shape index (κ1) is 22.3. The van der Waals surface area contributed by atoms with Crippen molar-refractivity contribution in [2.75, 3.05) is 18.0 Å². The Labute approximate surface area is 199 Å². The van der Waals surface area contributed by atoms with Crippen LogP contribution in [0.15, 0.2) is 54.7 Å². The zero-order chi connectivity index (χ0) is 23.5. The number of rotatable bonds is 4. The van der Waals surface area contributed by atoms with E-state index in [0.717, 1.165) is 36.9 Å². The molecule has 2 aromatic carbocycles. The van der Waals surface area contributed by atoms with Crippen molar-refractivity contribution in [3.8, 4) is 6.07 Å². The smallest absolute Gasteiger partial charge is 0.255 e. The molecule has 1 amide bonds. The highest BCUT2D eigenvalue weighted by atomic mass is 19.1. The van der Waals surface area contributed by atoms with Gasteiger partial charge in [0, 0.05) is 30.7 Å². The Bertz CT molecular complexity index is 1220. The molecule has 2 heterocycles. The summed E-state index contributed by atoms with van der Waals surface area (Å²) in [7, 11) is 0. The summed E-state index contributed by atoms with van der Waals surface area (Å²) < 4.78 is 14.3. The summed E-state index contributed by atoms with van der Waals surface area (Å²) in [5.74, 6) is -0.506. The van der Waals surface area contributed by atoms with E-state index in [-0.39, 0.29) is 17.8 Å². The Morgan fingerprint density at radius 1 is 1.09 bits per heavy atom. The van der Waals surface area contributed by atoms with Gasteiger partial charge < -0.3 is 10.2 Å². The minimum Gasteiger partial charge on any atom is -0.370 e. The van der Waals surface area contributed by atoms with Crippen LogP contribution < -0.4 is 10.2 Å². The lowest BCUT2D eigenvalue weighted by Crippen LogP contribution is -2.43. The lowest BCUT2D eigenvalue weighted by molar-refractivity contribution is 0.0928. The van der Waals surface area contributed by atoms with Crippen LogP contribution in [0.3, 0.4) is 0 Å². The second kappa shape index (κ2) is 9.42. The predicted octanol–water partition coefficient (Wildman–Crippen LogP) is 5.50. The number of amides is 1. The third-order valence-corrected chi connectivity index (χ3v) is 7.46. The Kier molecular flexibility index (Phi) is 6.19. The molecule has 0 unspecified atom stereocenters. The van der Waals surface area contributed by atoms with Crippen LogP contribution in [0.1, 0.15) is 60.9 Å². The molecule has 5 nitrogen and oxygen atoms in total. The molecular formula is C28H29FN4O. The number of nitrogens with zero attached hydrogens (tertiary/aromatic N) is 3. The maximum Gasteiger partial charge on any atom is 0.255 e. The maximum atomic E-state index is 14.3. The molecule has 1 saturated heterocycles. The Morgan fingerprint density at radius 3 is 2.53 bits per heavy atom. The van der Waals surface area contributed by atoms with Gasteiger partial charge in [0.1, 0.15) is 5.82 Å². The van der Waals surface area contributed by atoms with Crippen LogP contribution in [0.5, 0.6) is 0 Å². The van der Waals surface area contributed by atoms with E-state index in [1.165, 1.54) is 18.6 Å². The number of pyridine rings is 1. The number of piperidine rings is 1.